The average Bonchev–Trinajstić information content (AvgIpc) is 3.77. The summed E-state index contributed by atoms with van der Waals surface area (Å²) in [5.41, 5.74) is 4.91. The number of esters is 1. The molecule has 2 saturated heterocycles. The Morgan fingerprint density at radius 1 is 1.27 bits per heavy atom. The van der Waals surface area contributed by atoms with Crippen LogP contribution in [0.4, 0.5) is 9.93 Å². The molecule has 2 aromatic heterocycles. The molecule has 20 nitrogen and oxygen atoms in total. The van der Waals surface area contributed by atoms with Gasteiger partial charge in [0.1, 0.15) is 22.7 Å². The summed E-state index contributed by atoms with van der Waals surface area (Å²) >= 11 is 3.27. The number of hydrogen-bond acceptors (Lipinski definition) is 18. The number of oxime groups is 1. The maximum atomic E-state index is 13.3. The lowest BCUT2D eigenvalue weighted by molar-refractivity contribution is -0.150. The summed E-state index contributed by atoms with van der Waals surface area (Å²) in [4.78, 5) is 72.8. The van der Waals surface area contributed by atoms with Gasteiger partial charge in [-0.25, -0.2) is 19.1 Å². The van der Waals surface area contributed by atoms with E-state index in [9.17, 15) is 29.1 Å². The van der Waals surface area contributed by atoms with Crippen molar-refractivity contribution in [3.05, 3.63) is 17.1 Å². The summed E-state index contributed by atoms with van der Waals surface area (Å²) in [6.07, 6.45) is -0.824. The minimum absolute atomic E-state index is 0.0466. The summed E-state index contributed by atoms with van der Waals surface area (Å²) in [5, 5.41) is 30.5. The van der Waals surface area contributed by atoms with Crippen molar-refractivity contribution in [2.75, 3.05) is 30.4 Å². The lowest BCUT2D eigenvalue weighted by Gasteiger charge is -2.49. The summed E-state index contributed by atoms with van der Waals surface area (Å²) in [6.45, 7) is 6.14. The third-order valence-corrected chi connectivity index (χ3v) is 9.58. The van der Waals surface area contributed by atoms with Gasteiger partial charge in [0.15, 0.2) is 5.13 Å². The smallest absolute Gasteiger partial charge is 0.407 e. The molecule has 258 valence electrons. The third-order valence-electron chi connectivity index (χ3n) is 6.65. The van der Waals surface area contributed by atoms with E-state index in [1.165, 1.54) is 28.2 Å². The molecule has 48 heavy (non-hydrogen) atoms. The minimum atomic E-state index is -1.30. The quantitative estimate of drug-likeness (QED) is 0.0510. The number of fused-ring (bicyclic) bond motifs is 1. The van der Waals surface area contributed by atoms with Gasteiger partial charge in [-0.3, -0.25) is 14.5 Å². The van der Waals surface area contributed by atoms with Crippen molar-refractivity contribution in [3.63, 3.8) is 0 Å². The summed E-state index contributed by atoms with van der Waals surface area (Å²) in [6, 6.07) is -1.09. The van der Waals surface area contributed by atoms with Gasteiger partial charge in [0.05, 0.1) is 6.61 Å². The van der Waals surface area contributed by atoms with Crippen LogP contribution in [0.3, 0.4) is 0 Å². The Morgan fingerprint density at radius 3 is 2.73 bits per heavy atom. The van der Waals surface area contributed by atoms with Gasteiger partial charge in [0, 0.05) is 42.5 Å². The van der Waals surface area contributed by atoms with E-state index < -0.39 is 58.7 Å². The number of nitrogens with zero attached hydrogens (tertiary/aromatic N) is 8. The highest BCUT2D eigenvalue weighted by Gasteiger charge is 2.54. The van der Waals surface area contributed by atoms with E-state index in [2.05, 4.69) is 40.7 Å². The molecule has 3 aliphatic rings. The molecule has 0 radical (unpaired) electrons. The van der Waals surface area contributed by atoms with Gasteiger partial charge < -0.3 is 35.8 Å². The molecular weight excluding hydrogens is 695 g/mol. The fourth-order valence-electron chi connectivity index (χ4n) is 4.53. The first-order valence-corrected chi connectivity index (χ1v) is 17.2. The third kappa shape index (κ3) is 8.13. The number of aliphatic carboxylic acids is 1. The number of nitrogen functional groups attached to an aromatic ring is 1. The Hall–Kier alpha value is -4.51. The fourth-order valence-corrected chi connectivity index (χ4v) is 7.36. The van der Waals surface area contributed by atoms with Gasteiger partial charge in [0.2, 0.25) is 22.8 Å². The number of thioether (sulfide) groups is 2. The normalized spacial score (nSPS) is 20.9. The average molecular weight is 726 g/mol. The number of carbonyl (C=O) groups excluding carboxylic acids is 4. The first-order valence-electron chi connectivity index (χ1n) is 14.4. The number of β-lactam (4-membered cyclic amide) rings is 1. The molecule has 0 aliphatic carbocycles. The lowest BCUT2D eigenvalue weighted by atomic mass is 10.0. The highest BCUT2D eigenvalue weighted by Crippen LogP contribution is 2.41. The number of hydrogen-bond donors (Lipinski definition) is 4. The number of carboxylic acid groups (broad SMARTS) is 1. The number of aryl methyl sites for hydroxylation is 1. The highest BCUT2D eigenvalue weighted by atomic mass is 32.2. The number of nitrogens with one attached hydrogen (secondary N) is 2. The van der Waals surface area contributed by atoms with Crippen molar-refractivity contribution in [3.8, 4) is 0 Å². The van der Waals surface area contributed by atoms with Crippen LogP contribution in [0.1, 0.15) is 39.4 Å². The van der Waals surface area contributed by atoms with Crippen molar-refractivity contribution in [1.82, 2.24) is 45.1 Å². The molecule has 2 fully saturated rings. The van der Waals surface area contributed by atoms with E-state index in [4.69, 9.17) is 20.0 Å². The molecule has 2 unspecified atom stereocenters. The molecular formula is C25H31N11O9S3. The van der Waals surface area contributed by atoms with Crippen LogP contribution in [0, 0.1) is 0 Å². The predicted molar refractivity (Wildman–Crippen MR) is 168 cm³/mol. The van der Waals surface area contributed by atoms with Gasteiger partial charge in [-0.15, -0.1) is 16.9 Å². The van der Waals surface area contributed by atoms with Gasteiger partial charge >= 0.3 is 18.0 Å². The van der Waals surface area contributed by atoms with Gasteiger partial charge in [-0.2, -0.15) is 9.36 Å². The van der Waals surface area contributed by atoms with E-state index >= 15 is 0 Å². The summed E-state index contributed by atoms with van der Waals surface area (Å²) in [5.74, 6) is -3.22. The molecule has 3 atom stereocenters. The number of nitrogens with two attached hydrogens (primary N) is 1. The molecule has 5 rings (SSSR count). The topological polar surface area (TPSA) is 268 Å². The van der Waals surface area contributed by atoms with Crippen LogP contribution in [0.25, 0.3) is 0 Å². The number of carboxylic acids is 1. The zero-order chi connectivity index (χ0) is 34.6. The maximum absolute atomic E-state index is 13.3. The number of tetrazole rings is 1. The Kier molecular flexibility index (Phi) is 10.7. The first-order chi connectivity index (χ1) is 22.8. The Morgan fingerprint density at radius 2 is 2.06 bits per heavy atom. The van der Waals surface area contributed by atoms with E-state index in [1.807, 2.05) is 0 Å². The molecule has 5 N–H and O–H groups in total. The van der Waals surface area contributed by atoms with Crippen molar-refractivity contribution in [2.45, 2.75) is 68.4 Å². The predicted octanol–water partition coefficient (Wildman–Crippen LogP) is -0.411. The van der Waals surface area contributed by atoms with Crippen LogP contribution in [-0.4, -0.2) is 123 Å². The van der Waals surface area contributed by atoms with E-state index in [1.54, 1.807) is 20.8 Å². The highest BCUT2D eigenvalue weighted by molar-refractivity contribution is 8.01. The molecule has 2 aromatic rings. The van der Waals surface area contributed by atoms with E-state index in [-0.39, 0.29) is 41.2 Å². The Balaban J connectivity index is 1.20. The molecule has 5 heterocycles. The molecule has 0 aromatic carbocycles. The van der Waals surface area contributed by atoms with Crippen LogP contribution >= 0.6 is 35.1 Å². The molecule has 23 heteroatoms. The summed E-state index contributed by atoms with van der Waals surface area (Å²) < 4.78 is 15.6. The Labute approximate surface area is 284 Å². The molecule has 0 spiro atoms. The Bertz CT molecular complexity index is 1650. The molecule has 0 saturated carbocycles. The number of carbonyl (C=O) groups is 5. The molecule has 3 aliphatic heterocycles. The SMILES string of the molecule is CC(C)(C)OC(=O)NCCCn1nnnc1SCC1=C(C(=O)O)N2C(=O)C(NC(=O)C(=NOC3CCOC3=O)c3nsc(N)n3)[C@@H]2SC1. The number of rotatable bonds is 13. The van der Waals surface area contributed by atoms with Crippen molar-refractivity contribution in [1.29, 1.82) is 0 Å². The number of anilines is 1. The van der Waals surface area contributed by atoms with E-state index in [0.29, 0.717) is 30.2 Å². The van der Waals surface area contributed by atoms with Gasteiger partial charge in [-0.05, 0) is 43.2 Å². The zero-order valence-electron chi connectivity index (χ0n) is 25.8. The maximum Gasteiger partial charge on any atom is 0.407 e. The van der Waals surface area contributed by atoms with Crippen molar-refractivity contribution in [2.24, 2.45) is 5.16 Å². The van der Waals surface area contributed by atoms with Crippen LogP contribution in [0.2, 0.25) is 0 Å². The first kappa shape index (κ1) is 34.8. The standard InChI is InChI=1S/C25H31N11O9S3/c1-25(2,3)44-24(42)27-6-4-7-35-23(30-33-34-35)47-10-11-9-46-19-14(18(38)36(19)15(11)20(39)40)28-17(37)13(16-29-22(26)48-32-16)31-45-12-5-8-43-21(12)41/h12,14,19H,4-10H2,1-3H3,(H,27,42)(H,28,37)(H,39,40)(H2,26,29,32)/t12?,14?,19-/m0/s1. The molecule has 0 bridgehead atoms. The number of aromatic nitrogens is 6. The number of alkyl carbamates (subject to hydrolysis) is 1. The lowest BCUT2D eigenvalue weighted by Crippen LogP contribution is -2.71. The molecule has 3 amide bonds. The second kappa shape index (κ2) is 14.7. The number of amides is 3. The summed E-state index contributed by atoms with van der Waals surface area (Å²) in [7, 11) is 0. The van der Waals surface area contributed by atoms with Crippen LogP contribution in [0.15, 0.2) is 21.6 Å². The van der Waals surface area contributed by atoms with Crippen molar-refractivity contribution >= 4 is 75.7 Å². The van der Waals surface area contributed by atoms with Crippen LogP contribution in [-0.2, 0) is 40.0 Å². The number of cyclic esters (lactones) is 1. The largest absolute Gasteiger partial charge is 0.477 e. The van der Waals surface area contributed by atoms with Gasteiger partial charge in [-0.1, -0.05) is 16.9 Å². The minimum Gasteiger partial charge on any atom is -0.477 e. The van der Waals surface area contributed by atoms with E-state index in [0.717, 1.165) is 16.4 Å². The number of ether oxygens (including phenoxy) is 2. The second-order valence-electron chi connectivity index (χ2n) is 11.3. The fraction of sp³-hybridized carbons (Fsp3) is 0.560. The van der Waals surface area contributed by atoms with Crippen molar-refractivity contribution < 1.29 is 43.4 Å². The van der Waals surface area contributed by atoms with Gasteiger partial charge in [0.25, 0.3) is 11.8 Å². The van der Waals surface area contributed by atoms with Crippen LogP contribution < -0.4 is 16.4 Å². The zero-order valence-corrected chi connectivity index (χ0v) is 28.2. The monoisotopic (exact) mass is 725 g/mol. The van der Waals surface area contributed by atoms with Crippen LogP contribution in [0.5, 0.6) is 0 Å². The second-order valence-corrected chi connectivity index (χ2v) is 14.2.